The van der Waals surface area contributed by atoms with E-state index in [-0.39, 0.29) is 4.21 Å². The van der Waals surface area contributed by atoms with Gasteiger partial charge in [0.1, 0.15) is 4.21 Å². The highest BCUT2D eigenvalue weighted by Crippen LogP contribution is 2.23. The van der Waals surface area contributed by atoms with Crippen LogP contribution in [-0.4, -0.2) is 8.42 Å². The molecular formula is C12H14N2O2S2. The van der Waals surface area contributed by atoms with Crippen LogP contribution < -0.4 is 10.5 Å². The molecule has 3 N–H and O–H groups in total. The summed E-state index contributed by atoms with van der Waals surface area (Å²) in [5.74, 6) is 0. The molecule has 1 aromatic carbocycles. The average molecular weight is 282 g/mol. The fraction of sp³-hybridized carbons (Fsp3) is 0.167. The third-order valence-electron chi connectivity index (χ3n) is 2.40. The van der Waals surface area contributed by atoms with E-state index in [1.807, 2.05) is 19.1 Å². The van der Waals surface area contributed by atoms with Crippen LogP contribution >= 0.6 is 11.3 Å². The first-order chi connectivity index (χ1) is 8.51. The molecule has 2 aromatic rings. The summed E-state index contributed by atoms with van der Waals surface area (Å²) < 4.78 is 27.0. The van der Waals surface area contributed by atoms with E-state index in [2.05, 4.69) is 4.72 Å². The Labute approximate surface area is 111 Å². The Hall–Kier alpha value is -1.37. The number of nitrogens with one attached hydrogen (secondary N) is 1. The summed E-state index contributed by atoms with van der Waals surface area (Å²) in [6, 6.07) is 8.84. The second-order valence-electron chi connectivity index (χ2n) is 3.95. The van der Waals surface area contributed by atoms with E-state index in [0.717, 1.165) is 11.1 Å². The van der Waals surface area contributed by atoms with Gasteiger partial charge < -0.3 is 5.73 Å². The maximum absolute atomic E-state index is 12.1. The summed E-state index contributed by atoms with van der Waals surface area (Å²) in [4.78, 5) is 0. The zero-order chi connectivity index (χ0) is 13.2. The van der Waals surface area contributed by atoms with Gasteiger partial charge in [0.15, 0.2) is 0 Å². The van der Waals surface area contributed by atoms with Crippen LogP contribution in [0.5, 0.6) is 0 Å². The monoisotopic (exact) mass is 282 g/mol. The summed E-state index contributed by atoms with van der Waals surface area (Å²) in [5, 5.41) is 1.75. The minimum atomic E-state index is -3.51. The fourth-order valence-electron chi connectivity index (χ4n) is 1.52. The molecule has 1 heterocycles. The first-order valence-electron chi connectivity index (χ1n) is 5.38. The molecule has 4 nitrogen and oxygen atoms in total. The number of nitrogens with two attached hydrogens (primary N) is 1. The molecule has 0 fully saturated rings. The largest absolute Gasteiger partial charge is 0.326 e. The van der Waals surface area contributed by atoms with E-state index in [9.17, 15) is 8.42 Å². The van der Waals surface area contributed by atoms with Crippen molar-refractivity contribution in [2.75, 3.05) is 4.72 Å². The number of sulfonamides is 1. The molecule has 0 aliphatic heterocycles. The van der Waals surface area contributed by atoms with Crippen molar-refractivity contribution in [1.82, 2.24) is 0 Å². The normalized spacial score (nSPS) is 11.4. The molecule has 0 unspecified atom stereocenters. The second kappa shape index (κ2) is 5.09. The van der Waals surface area contributed by atoms with Crippen LogP contribution in [0.2, 0.25) is 0 Å². The van der Waals surface area contributed by atoms with Crippen LogP contribution in [0.4, 0.5) is 5.69 Å². The molecule has 2 rings (SSSR count). The lowest BCUT2D eigenvalue weighted by Crippen LogP contribution is -2.11. The van der Waals surface area contributed by atoms with Crippen LogP contribution in [0.1, 0.15) is 11.1 Å². The Morgan fingerprint density at radius 1 is 1.33 bits per heavy atom. The van der Waals surface area contributed by atoms with Crippen LogP contribution in [-0.2, 0) is 16.6 Å². The first-order valence-corrected chi connectivity index (χ1v) is 7.74. The maximum atomic E-state index is 12.1. The summed E-state index contributed by atoms with van der Waals surface area (Å²) in [5.41, 5.74) is 7.87. The SMILES string of the molecule is Cc1cccc(NS(=O)(=O)c2cc(CN)cs2)c1. The van der Waals surface area contributed by atoms with Gasteiger partial charge in [-0.3, -0.25) is 4.72 Å². The lowest BCUT2D eigenvalue weighted by molar-refractivity contribution is 0.603. The van der Waals surface area contributed by atoms with Crippen molar-refractivity contribution in [3.05, 3.63) is 46.8 Å². The van der Waals surface area contributed by atoms with Gasteiger partial charge in [0.2, 0.25) is 0 Å². The van der Waals surface area contributed by atoms with E-state index >= 15 is 0 Å². The van der Waals surface area contributed by atoms with Crippen molar-refractivity contribution in [2.45, 2.75) is 17.7 Å². The minimum Gasteiger partial charge on any atom is -0.326 e. The molecule has 0 saturated heterocycles. The van der Waals surface area contributed by atoms with Crippen molar-refractivity contribution >= 4 is 27.0 Å². The van der Waals surface area contributed by atoms with Crippen LogP contribution in [0, 0.1) is 6.92 Å². The second-order valence-corrected chi connectivity index (χ2v) is 6.77. The molecule has 1 aromatic heterocycles. The predicted molar refractivity (Wildman–Crippen MR) is 74.2 cm³/mol. The Balaban J connectivity index is 2.27. The summed E-state index contributed by atoms with van der Waals surface area (Å²) in [6.45, 7) is 2.26. The third-order valence-corrected chi connectivity index (χ3v) is 5.27. The van der Waals surface area contributed by atoms with Crippen molar-refractivity contribution in [2.24, 2.45) is 5.73 Å². The van der Waals surface area contributed by atoms with Gasteiger partial charge in [0.05, 0.1) is 0 Å². The lowest BCUT2D eigenvalue weighted by atomic mass is 10.2. The van der Waals surface area contributed by atoms with Gasteiger partial charge in [-0.05, 0) is 41.6 Å². The van der Waals surface area contributed by atoms with Gasteiger partial charge in [-0.25, -0.2) is 8.42 Å². The molecule has 0 bridgehead atoms. The number of anilines is 1. The third kappa shape index (κ3) is 2.90. The van der Waals surface area contributed by atoms with Gasteiger partial charge in [-0.15, -0.1) is 11.3 Å². The lowest BCUT2D eigenvalue weighted by Gasteiger charge is -2.06. The zero-order valence-corrected chi connectivity index (χ0v) is 11.5. The molecule has 18 heavy (non-hydrogen) atoms. The summed E-state index contributed by atoms with van der Waals surface area (Å²) >= 11 is 1.17. The van der Waals surface area contributed by atoms with E-state index < -0.39 is 10.0 Å². The Bertz CT molecular complexity index is 648. The Morgan fingerprint density at radius 3 is 2.72 bits per heavy atom. The van der Waals surface area contributed by atoms with Gasteiger partial charge >= 0.3 is 0 Å². The van der Waals surface area contributed by atoms with Crippen LogP contribution in [0.15, 0.2) is 39.9 Å². The van der Waals surface area contributed by atoms with Gasteiger partial charge in [0.25, 0.3) is 10.0 Å². The van der Waals surface area contributed by atoms with Crippen molar-refractivity contribution in [1.29, 1.82) is 0 Å². The van der Waals surface area contributed by atoms with E-state index in [1.54, 1.807) is 23.6 Å². The quantitative estimate of drug-likeness (QED) is 0.904. The van der Waals surface area contributed by atoms with Gasteiger partial charge in [-0.1, -0.05) is 12.1 Å². The predicted octanol–water partition coefficient (Wildman–Crippen LogP) is 2.32. The number of hydrogen-bond acceptors (Lipinski definition) is 4. The van der Waals surface area contributed by atoms with E-state index in [1.165, 1.54) is 11.3 Å². The van der Waals surface area contributed by atoms with Gasteiger partial charge in [-0.2, -0.15) is 0 Å². The smallest absolute Gasteiger partial charge is 0.271 e. The maximum Gasteiger partial charge on any atom is 0.271 e. The highest BCUT2D eigenvalue weighted by molar-refractivity contribution is 7.94. The molecule has 0 atom stereocenters. The average Bonchev–Trinajstić information content (AvgIpc) is 2.77. The van der Waals surface area contributed by atoms with Crippen LogP contribution in [0.3, 0.4) is 0 Å². The first kappa shape index (κ1) is 13.1. The molecular weight excluding hydrogens is 268 g/mol. The summed E-state index contributed by atoms with van der Waals surface area (Å²) in [7, 11) is -3.51. The zero-order valence-electron chi connectivity index (χ0n) is 9.88. The molecule has 0 aliphatic carbocycles. The molecule has 0 saturated carbocycles. The topological polar surface area (TPSA) is 72.2 Å². The Kier molecular flexibility index (Phi) is 3.70. The molecule has 0 spiro atoms. The summed E-state index contributed by atoms with van der Waals surface area (Å²) in [6.07, 6.45) is 0. The number of thiophene rings is 1. The molecule has 0 aliphatic rings. The van der Waals surface area contributed by atoms with Crippen molar-refractivity contribution in [3.8, 4) is 0 Å². The number of benzene rings is 1. The molecule has 0 amide bonds. The number of rotatable bonds is 4. The highest BCUT2D eigenvalue weighted by atomic mass is 32.2. The van der Waals surface area contributed by atoms with Gasteiger partial charge in [0, 0.05) is 12.2 Å². The highest BCUT2D eigenvalue weighted by Gasteiger charge is 2.16. The van der Waals surface area contributed by atoms with E-state index in [0.29, 0.717) is 12.2 Å². The number of hydrogen-bond donors (Lipinski definition) is 2. The molecule has 6 heteroatoms. The molecule has 96 valence electrons. The number of aryl methyl sites for hydroxylation is 1. The molecule has 0 radical (unpaired) electrons. The van der Waals surface area contributed by atoms with Crippen molar-refractivity contribution < 1.29 is 8.42 Å². The minimum absolute atomic E-state index is 0.282. The van der Waals surface area contributed by atoms with Crippen molar-refractivity contribution in [3.63, 3.8) is 0 Å². The fourth-order valence-corrected chi connectivity index (χ4v) is 3.79. The van der Waals surface area contributed by atoms with E-state index in [4.69, 9.17) is 5.73 Å². The Morgan fingerprint density at radius 2 is 2.11 bits per heavy atom. The standard InChI is InChI=1S/C12H14N2O2S2/c1-9-3-2-4-11(5-9)14-18(15,16)12-6-10(7-13)8-17-12/h2-6,8,14H,7,13H2,1H3. The van der Waals surface area contributed by atoms with Crippen LogP contribution in [0.25, 0.3) is 0 Å².